The van der Waals surface area contributed by atoms with Crippen molar-refractivity contribution in [3.8, 4) is 0 Å². The number of alkyl halides is 1. The van der Waals surface area contributed by atoms with Crippen LogP contribution in [0.5, 0.6) is 0 Å². The van der Waals surface area contributed by atoms with Gasteiger partial charge in [0.15, 0.2) is 0 Å². The van der Waals surface area contributed by atoms with Gasteiger partial charge in [-0.2, -0.15) is 0 Å². The lowest BCUT2D eigenvalue weighted by Crippen LogP contribution is -2.15. The van der Waals surface area contributed by atoms with Crippen LogP contribution in [0, 0.1) is 11.8 Å². The SMILES string of the molecule is OC1[C@@H]2CC[C@H]1[C@H](F)C2. The number of aliphatic hydroxyl groups excluding tert-OH is 1. The van der Waals surface area contributed by atoms with Gasteiger partial charge < -0.3 is 5.11 Å². The van der Waals surface area contributed by atoms with E-state index in [1.165, 1.54) is 0 Å². The minimum Gasteiger partial charge on any atom is -0.392 e. The van der Waals surface area contributed by atoms with Crippen LogP contribution in [0.2, 0.25) is 0 Å². The van der Waals surface area contributed by atoms with Crippen LogP contribution in [0.4, 0.5) is 4.39 Å². The molecule has 1 unspecified atom stereocenters. The average Bonchev–Trinajstić information content (AvgIpc) is 2.25. The van der Waals surface area contributed by atoms with E-state index in [1.54, 1.807) is 0 Å². The van der Waals surface area contributed by atoms with Crippen LogP contribution in [0.3, 0.4) is 0 Å². The number of halogens is 1. The Labute approximate surface area is 53.9 Å². The highest BCUT2D eigenvalue weighted by Gasteiger charge is 2.47. The van der Waals surface area contributed by atoms with Crippen molar-refractivity contribution in [3.05, 3.63) is 0 Å². The minimum absolute atomic E-state index is 0.00463. The first-order chi connectivity index (χ1) is 4.29. The zero-order valence-electron chi connectivity index (χ0n) is 5.26. The second-order valence-corrected chi connectivity index (χ2v) is 3.24. The summed E-state index contributed by atoms with van der Waals surface area (Å²) in [6.07, 6.45) is 1.57. The summed E-state index contributed by atoms with van der Waals surface area (Å²) in [7, 11) is 0. The van der Waals surface area contributed by atoms with E-state index >= 15 is 0 Å². The molecular weight excluding hydrogens is 119 g/mol. The molecule has 9 heavy (non-hydrogen) atoms. The summed E-state index contributed by atoms with van der Waals surface area (Å²) in [5.74, 6) is 0.292. The van der Waals surface area contributed by atoms with Crippen LogP contribution < -0.4 is 0 Å². The molecule has 2 aliphatic rings. The van der Waals surface area contributed by atoms with Crippen molar-refractivity contribution < 1.29 is 9.50 Å². The summed E-state index contributed by atoms with van der Waals surface area (Å²) in [6, 6.07) is 0. The van der Waals surface area contributed by atoms with Crippen LogP contribution in [-0.2, 0) is 0 Å². The summed E-state index contributed by atoms with van der Waals surface area (Å²) in [5, 5.41) is 9.26. The van der Waals surface area contributed by atoms with Gasteiger partial charge in [-0.15, -0.1) is 0 Å². The summed E-state index contributed by atoms with van der Waals surface area (Å²) in [6.45, 7) is 0. The summed E-state index contributed by atoms with van der Waals surface area (Å²) in [4.78, 5) is 0. The molecule has 2 heteroatoms. The number of rotatable bonds is 0. The Morgan fingerprint density at radius 1 is 1.33 bits per heavy atom. The Balaban J connectivity index is 2.16. The third kappa shape index (κ3) is 0.627. The lowest BCUT2D eigenvalue weighted by Gasteiger charge is -2.11. The standard InChI is InChI=1S/C7H11FO/c8-6-3-4-1-2-5(6)7(4)9/h4-7,9H,1-3H2/t4-,5+,6-,7?/m1/s1. The maximum atomic E-state index is 12.7. The Kier molecular flexibility index (Phi) is 1.06. The van der Waals surface area contributed by atoms with Gasteiger partial charge in [-0.3, -0.25) is 0 Å². The molecule has 4 atom stereocenters. The molecule has 0 spiro atoms. The van der Waals surface area contributed by atoms with E-state index in [0.717, 1.165) is 12.8 Å². The van der Waals surface area contributed by atoms with E-state index in [1.807, 2.05) is 0 Å². The van der Waals surface area contributed by atoms with E-state index in [-0.39, 0.29) is 12.0 Å². The third-order valence-electron chi connectivity index (χ3n) is 2.78. The number of aliphatic hydroxyl groups is 1. The van der Waals surface area contributed by atoms with Gasteiger partial charge in [0.25, 0.3) is 0 Å². The van der Waals surface area contributed by atoms with Gasteiger partial charge in [-0.05, 0) is 25.2 Å². The van der Waals surface area contributed by atoms with Crippen LogP contribution in [0.15, 0.2) is 0 Å². The lowest BCUT2D eigenvalue weighted by atomic mass is 9.99. The van der Waals surface area contributed by atoms with E-state index in [9.17, 15) is 9.50 Å². The number of hydrogen-bond donors (Lipinski definition) is 1. The van der Waals surface area contributed by atoms with Gasteiger partial charge in [-0.25, -0.2) is 4.39 Å². The van der Waals surface area contributed by atoms with Gasteiger partial charge >= 0.3 is 0 Å². The van der Waals surface area contributed by atoms with Crippen LogP contribution >= 0.6 is 0 Å². The van der Waals surface area contributed by atoms with Crippen molar-refractivity contribution in [1.29, 1.82) is 0 Å². The van der Waals surface area contributed by atoms with Crippen molar-refractivity contribution in [2.75, 3.05) is 0 Å². The van der Waals surface area contributed by atoms with Crippen LogP contribution in [0.1, 0.15) is 19.3 Å². The molecule has 0 amide bonds. The molecule has 0 radical (unpaired) electrons. The van der Waals surface area contributed by atoms with Gasteiger partial charge in [0.2, 0.25) is 0 Å². The quantitative estimate of drug-likeness (QED) is 0.521. The molecule has 0 aliphatic heterocycles. The highest BCUT2D eigenvalue weighted by Crippen LogP contribution is 2.46. The first-order valence-electron chi connectivity index (χ1n) is 3.61. The lowest BCUT2D eigenvalue weighted by molar-refractivity contribution is 0.112. The molecular formula is C7H11FO. The molecule has 2 rings (SSSR count). The normalized spacial score (nSPS) is 56.7. The van der Waals surface area contributed by atoms with E-state index < -0.39 is 6.17 Å². The molecule has 2 bridgehead atoms. The maximum Gasteiger partial charge on any atom is 0.106 e. The summed E-state index contributed by atoms with van der Waals surface area (Å²) >= 11 is 0. The average molecular weight is 130 g/mol. The van der Waals surface area contributed by atoms with Gasteiger partial charge in [0.05, 0.1) is 6.10 Å². The molecule has 0 aromatic rings. The largest absolute Gasteiger partial charge is 0.392 e. The summed E-state index contributed by atoms with van der Waals surface area (Å²) in [5.41, 5.74) is 0. The predicted molar refractivity (Wildman–Crippen MR) is 31.7 cm³/mol. The number of fused-ring (bicyclic) bond motifs is 2. The predicted octanol–water partition coefficient (Wildman–Crippen LogP) is 1.12. The topological polar surface area (TPSA) is 20.2 Å². The molecule has 0 aromatic heterocycles. The Hall–Kier alpha value is -0.110. The zero-order chi connectivity index (χ0) is 6.43. The summed E-state index contributed by atoms with van der Waals surface area (Å²) < 4.78 is 12.7. The maximum absolute atomic E-state index is 12.7. The first kappa shape index (κ1) is 5.66. The van der Waals surface area contributed by atoms with Crippen molar-refractivity contribution in [1.82, 2.24) is 0 Å². The van der Waals surface area contributed by atoms with Crippen LogP contribution in [-0.4, -0.2) is 17.4 Å². The smallest absolute Gasteiger partial charge is 0.106 e. The minimum atomic E-state index is -0.696. The van der Waals surface area contributed by atoms with Crippen molar-refractivity contribution in [2.45, 2.75) is 31.5 Å². The van der Waals surface area contributed by atoms with Crippen LogP contribution in [0.25, 0.3) is 0 Å². The molecule has 0 heterocycles. The van der Waals surface area contributed by atoms with Crippen molar-refractivity contribution in [3.63, 3.8) is 0 Å². The monoisotopic (exact) mass is 130 g/mol. The van der Waals surface area contributed by atoms with E-state index in [0.29, 0.717) is 12.3 Å². The second-order valence-electron chi connectivity index (χ2n) is 3.24. The van der Waals surface area contributed by atoms with E-state index in [4.69, 9.17) is 0 Å². The fraction of sp³-hybridized carbons (Fsp3) is 1.00. The van der Waals surface area contributed by atoms with Gasteiger partial charge in [-0.1, -0.05) is 0 Å². The Bertz CT molecular complexity index is 126. The molecule has 1 nitrogen and oxygen atoms in total. The third-order valence-corrected chi connectivity index (χ3v) is 2.78. The molecule has 52 valence electrons. The fourth-order valence-corrected chi connectivity index (χ4v) is 2.21. The van der Waals surface area contributed by atoms with E-state index in [2.05, 4.69) is 0 Å². The molecule has 2 fully saturated rings. The molecule has 0 aromatic carbocycles. The van der Waals surface area contributed by atoms with Crippen molar-refractivity contribution in [2.24, 2.45) is 11.8 Å². The second kappa shape index (κ2) is 1.69. The van der Waals surface area contributed by atoms with Gasteiger partial charge in [0.1, 0.15) is 6.17 Å². The van der Waals surface area contributed by atoms with Gasteiger partial charge in [0, 0.05) is 5.92 Å². The molecule has 0 saturated heterocycles. The molecule has 1 N–H and O–H groups in total. The Morgan fingerprint density at radius 3 is 2.33 bits per heavy atom. The zero-order valence-corrected chi connectivity index (χ0v) is 5.26. The highest BCUT2D eigenvalue weighted by atomic mass is 19.1. The Morgan fingerprint density at radius 2 is 2.11 bits per heavy atom. The molecule has 2 aliphatic carbocycles. The fourth-order valence-electron chi connectivity index (χ4n) is 2.21. The molecule has 2 saturated carbocycles. The number of hydrogen-bond acceptors (Lipinski definition) is 1. The highest BCUT2D eigenvalue weighted by molar-refractivity contribution is 4.97. The first-order valence-corrected chi connectivity index (χ1v) is 3.61. The van der Waals surface area contributed by atoms with Crippen molar-refractivity contribution >= 4 is 0 Å².